The number of halogens is 1. The van der Waals surface area contributed by atoms with Crippen molar-refractivity contribution in [2.45, 2.75) is 32.1 Å². The van der Waals surface area contributed by atoms with Crippen LogP contribution in [0.25, 0.3) is 0 Å². The molecule has 1 aromatic carbocycles. The summed E-state index contributed by atoms with van der Waals surface area (Å²) in [5.74, 6) is -0.872. The van der Waals surface area contributed by atoms with Gasteiger partial charge in [0.15, 0.2) is 11.6 Å². The van der Waals surface area contributed by atoms with Gasteiger partial charge in [-0.2, -0.15) is 0 Å². The van der Waals surface area contributed by atoms with E-state index in [2.05, 4.69) is 0 Å². The first-order valence-corrected chi connectivity index (χ1v) is 6.09. The van der Waals surface area contributed by atoms with E-state index in [1.807, 2.05) is 6.92 Å². The molecule has 2 rings (SSSR count). The molecule has 1 aliphatic rings. The maximum atomic E-state index is 13.7. The van der Waals surface area contributed by atoms with E-state index >= 15 is 0 Å². The van der Waals surface area contributed by atoms with Crippen LogP contribution < -0.4 is 4.74 Å². The Morgan fingerprint density at radius 2 is 2.22 bits per heavy atom. The Labute approximate surface area is 106 Å². The molecule has 1 atom stereocenters. The van der Waals surface area contributed by atoms with Gasteiger partial charge in [-0.05, 0) is 37.3 Å². The lowest BCUT2D eigenvalue weighted by Gasteiger charge is -2.20. The van der Waals surface area contributed by atoms with Crippen LogP contribution in [0.4, 0.5) is 4.39 Å². The van der Waals surface area contributed by atoms with Gasteiger partial charge >= 0.3 is 5.97 Å². The van der Waals surface area contributed by atoms with Crippen LogP contribution in [0.15, 0.2) is 12.1 Å². The number of carbonyl (C=O) groups is 1. The van der Waals surface area contributed by atoms with Crippen LogP contribution in [-0.2, 0) is 4.79 Å². The maximum absolute atomic E-state index is 13.7. The number of carboxylic acids is 1. The molecule has 0 bridgehead atoms. The van der Waals surface area contributed by atoms with Crippen LogP contribution >= 0.6 is 0 Å². The van der Waals surface area contributed by atoms with Crippen molar-refractivity contribution in [1.29, 1.82) is 0 Å². The molecule has 1 fully saturated rings. The minimum Gasteiger partial charge on any atom is -0.493 e. The summed E-state index contributed by atoms with van der Waals surface area (Å²) in [5.41, 5.74) is 1.62. The standard InChI is InChI=1S/C14H17FO3/c1-8-3-6-11(15)14(18-2)13(8)10(7-12(16)17)9-4-5-9/h3,6,9-10H,4-5,7H2,1-2H3,(H,16,17). The average Bonchev–Trinajstić information content (AvgIpc) is 3.13. The molecule has 0 amide bonds. The molecule has 1 saturated carbocycles. The van der Waals surface area contributed by atoms with Gasteiger partial charge < -0.3 is 9.84 Å². The predicted molar refractivity (Wildman–Crippen MR) is 65.4 cm³/mol. The van der Waals surface area contributed by atoms with E-state index in [4.69, 9.17) is 9.84 Å². The third kappa shape index (κ3) is 2.47. The van der Waals surface area contributed by atoms with E-state index in [-0.39, 0.29) is 18.1 Å². The van der Waals surface area contributed by atoms with Crippen molar-refractivity contribution in [2.75, 3.05) is 7.11 Å². The van der Waals surface area contributed by atoms with Gasteiger partial charge in [-0.3, -0.25) is 4.79 Å². The minimum atomic E-state index is -0.849. The molecular formula is C14H17FO3. The van der Waals surface area contributed by atoms with Crippen molar-refractivity contribution >= 4 is 5.97 Å². The third-order valence-corrected chi connectivity index (χ3v) is 3.53. The Bertz CT molecular complexity index is 466. The second-order valence-electron chi connectivity index (χ2n) is 4.85. The zero-order valence-corrected chi connectivity index (χ0v) is 10.6. The lowest BCUT2D eigenvalue weighted by atomic mass is 9.87. The Morgan fingerprint density at radius 1 is 1.56 bits per heavy atom. The van der Waals surface area contributed by atoms with Crippen molar-refractivity contribution < 1.29 is 19.0 Å². The van der Waals surface area contributed by atoms with Crippen LogP contribution in [0.3, 0.4) is 0 Å². The van der Waals surface area contributed by atoms with Gasteiger partial charge in [0.05, 0.1) is 13.5 Å². The number of carboxylic acid groups (broad SMARTS) is 1. The highest BCUT2D eigenvalue weighted by molar-refractivity contribution is 5.69. The fourth-order valence-electron chi connectivity index (χ4n) is 2.53. The molecule has 0 spiro atoms. The molecule has 0 heterocycles. The van der Waals surface area contributed by atoms with E-state index in [1.165, 1.54) is 13.2 Å². The number of benzene rings is 1. The van der Waals surface area contributed by atoms with E-state index in [1.54, 1.807) is 6.07 Å². The lowest BCUT2D eigenvalue weighted by molar-refractivity contribution is -0.137. The van der Waals surface area contributed by atoms with E-state index < -0.39 is 11.8 Å². The second kappa shape index (κ2) is 4.96. The van der Waals surface area contributed by atoms with Gasteiger partial charge in [0.1, 0.15) is 0 Å². The predicted octanol–water partition coefficient (Wildman–Crippen LogP) is 3.11. The van der Waals surface area contributed by atoms with Crippen molar-refractivity contribution in [3.05, 3.63) is 29.1 Å². The molecule has 0 aromatic heterocycles. The average molecular weight is 252 g/mol. The Balaban J connectivity index is 2.45. The lowest BCUT2D eigenvalue weighted by Crippen LogP contribution is -2.12. The normalized spacial score (nSPS) is 16.4. The maximum Gasteiger partial charge on any atom is 0.303 e. The van der Waals surface area contributed by atoms with Crippen molar-refractivity contribution in [2.24, 2.45) is 5.92 Å². The molecule has 0 aliphatic heterocycles. The van der Waals surface area contributed by atoms with Crippen molar-refractivity contribution in [3.8, 4) is 5.75 Å². The summed E-state index contributed by atoms with van der Waals surface area (Å²) in [6.07, 6.45) is 2.05. The molecule has 98 valence electrons. The molecule has 1 N–H and O–H groups in total. The highest BCUT2D eigenvalue weighted by atomic mass is 19.1. The van der Waals surface area contributed by atoms with E-state index in [0.29, 0.717) is 5.92 Å². The summed E-state index contributed by atoms with van der Waals surface area (Å²) in [5, 5.41) is 9.01. The van der Waals surface area contributed by atoms with Gasteiger partial charge in [-0.25, -0.2) is 4.39 Å². The van der Waals surface area contributed by atoms with Gasteiger partial charge in [-0.1, -0.05) is 6.07 Å². The summed E-state index contributed by atoms with van der Waals surface area (Å²) in [7, 11) is 1.42. The van der Waals surface area contributed by atoms with Crippen LogP contribution in [-0.4, -0.2) is 18.2 Å². The number of methoxy groups -OCH3 is 1. The highest BCUT2D eigenvalue weighted by Gasteiger charge is 2.36. The fourth-order valence-corrected chi connectivity index (χ4v) is 2.53. The fraction of sp³-hybridized carbons (Fsp3) is 0.500. The number of hydrogen-bond donors (Lipinski definition) is 1. The smallest absolute Gasteiger partial charge is 0.303 e. The number of rotatable bonds is 5. The molecule has 3 nitrogen and oxygen atoms in total. The summed E-state index contributed by atoms with van der Waals surface area (Å²) >= 11 is 0. The zero-order valence-electron chi connectivity index (χ0n) is 10.6. The largest absolute Gasteiger partial charge is 0.493 e. The summed E-state index contributed by atoms with van der Waals surface area (Å²) in [4.78, 5) is 11.0. The number of ether oxygens (including phenoxy) is 1. The summed E-state index contributed by atoms with van der Waals surface area (Å²) < 4.78 is 18.9. The monoisotopic (exact) mass is 252 g/mol. The molecule has 1 aliphatic carbocycles. The number of aliphatic carboxylic acids is 1. The molecule has 18 heavy (non-hydrogen) atoms. The highest BCUT2D eigenvalue weighted by Crippen LogP contribution is 2.48. The molecule has 0 radical (unpaired) electrons. The molecule has 4 heteroatoms. The second-order valence-corrected chi connectivity index (χ2v) is 4.85. The van der Waals surface area contributed by atoms with Gasteiger partial charge in [-0.15, -0.1) is 0 Å². The Morgan fingerprint density at radius 3 is 2.72 bits per heavy atom. The topological polar surface area (TPSA) is 46.5 Å². The van der Waals surface area contributed by atoms with E-state index in [0.717, 1.165) is 24.0 Å². The quantitative estimate of drug-likeness (QED) is 0.875. The van der Waals surface area contributed by atoms with E-state index in [9.17, 15) is 9.18 Å². The third-order valence-electron chi connectivity index (χ3n) is 3.53. The summed E-state index contributed by atoms with van der Waals surface area (Å²) in [6, 6.07) is 3.05. The van der Waals surface area contributed by atoms with Gasteiger partial charge in [0, 0.05) is 11.5 Å². The van der Waals surface area contributed by atoms with Crippen LogP contribution in [0.2, 0.25) is 0 Å². The Kier molecular flexibility index (Phi) is 3.55. The Hall–Kier alpha value is -1.58. The first kappa shape index (κ1) is 12.9. The molecule has 1 aromatic rings. The SMILES string of the molecule is COc1c(F)ccc(C)c1C(CC(=O)O)C1CC1. The molecular weight excluding hydrogens is 235 g/mol. The first-order chi connectivity index (χ1) is 8.54. The van der Waals surface area contributed by atoms with Crippen molar-refractivity contribution in [3.63, 3.8) is 0 Å². The zero-order chi connectivity index (χ0) is 13.3. The summed E-state index contributed by atoms with van der Waals surface area (Å²) in [6.45, 7) is 1.87. The van der Waals surface area contributed by atoms with Crippen molar-refractivity contribution in [1.82, 2.24) is 0 Å². The van der Waals surface area contributed by atoms with Crippen LogP contribution in [0.5, 0.6) is 5.75 Å². The molecule has 0 saturated heterocycles. The van der Waals surface area contributed by atoms with Crippen LogP contribution in [0, 0.1) is 18.7 Å². The number of hydrogen-bond acceptors (Lipinski definition) is 2. The number of aryl methyl sites for hydroxylation is 1. The van der Waals surface area contributed by atoms with Crippen LogP contribution in [0.1, 0.15) is 36.3 Å². The minimum absolute atomic E-state index is 0.0331. The van der Waals surface area contributed by atoms with Gasteiger partial charge in [0.25, 0.3) is 0 Å². The van der Waals surface area contributed by atoms with Gasteiger partial charge in [0.2, 0.25) is 0 Å². The first-order valence-electron chi connectivity index (χ1n) is 6.09. The molecule has 1 unspecified atom stereocenters.